The summed E-state index contributed by atoms with van der Waals surface area (Å²) in [4.78, 5) is 12.3. The van der Waals surface area contributed by atoms with E-state index in [0.717, 1.165) is 48.1 Å². The molecule has 3 aromatic rings. The number of nitrogens with one attached hydrogen (secondary N) is 3. The Labute approximate surface area is 168 Å². The summed E-state index contributed by atoms with van der Waals surface area (Å²) in [6.07, 6.45) is 8.94. The molecule has 0 amide bonds. The highest BCUT2D eigenvalue weighted by Gasteiger charge is 2.54. The second-order valence-electron chi connectivity index (χ2n) is 9.10. The van der Waals surface area contributed by atoms with E-state index in [0.29, 0.717) is 35.6 Å². The van der Waals surface area contributed by atoms with Crippen molar-refractivity contribution < 1.29 is 9.63 Å². The standard InChI is InChI=1S/C21H26N6O2/c1-2-22-20-26-19(27-29-20)15-10-24-18-14(3-4-23-18)17(15)25-16-12-5-11-6-13(16)9-21(28,7-11)8-12/h3-4,10-13,16,28H,2,5-9H2,1H3,(H,22,26,27)(H2,23,24,25)/t11?,12-,13+,16?,21?. The average molecular weight is 394 g/mol. The predicted molar refractivity (Wildman–Crippen MR) is 109 cm³/mol. The maximum absolute atomic E-state index is 10.9. The molecule has 4 bridgehead atoms. The first-order valence-electron chi connectivity index (χ1n) is 10.6. The van der Waals surface area contributed by atoms with Crippen LogP contribution in [0.15, 0.2) is 23.0 Å². The van der Waals surface area contributed by atoms with E-state index in [1.807, 2.05) is 25.4 Å². The zero-order valence-corrected chi connectivity index (χ0v) is 16.5. The van der Waals surface area contributed by atoms with E-state index in [2.05, 4.69) is 30.7 Å². The van der Waals surface area contributed by atoms with Crippen LogP contribution in [-0.4, -0.2) is 43.4 Å². The summed E-state index contributed by atoms with van der Waals surface area (Å²) in [5.74, 6) is 2.22. The summed E-state index contributed by atoms with van der Waals surface area (Å²) in [5.41, 5.74) is 2.25. The Kier molecular flexibility index (Phi) is 3.69. The zero-order valence-electron chi connectivity index (χ0n) is 16.5. The van der Waals surface area contributed by atoms with Gasteiger partial charge in [-0.1, -0.05) is 5.16 Å². The largest absolute Gasteiger partial charge is 0.390 e. The van der Waals surface area contributed by atoms with Crippen molar-refractivity contribution in [1.82, 2.24) is 20.1 Å². The normalized spacial score (nSPS) is 32.8. The number of nitrogens with zero attached hydrogens (tertiary/aromatic N) is 3. The third-order valence-electron chi connectivity index (χ3n) is 7.13. The summed E-state index contributed by atoms with van der Waals surface area (Å²) < 4.78 is 5.34. The fraction of sp³-hybridized carbons (Fsp3) is 0.571. The number of H-pyrrole nitrogens is 1. The third-order valence-corrected chi connectivity index (χ3v) is 7.13. The van der Waals surface area contributed by atoms with Gasteiger partial charge < -0.3 is 25.2 Å². The fourth-order valence-electron chi connectivity index (χ4n) is 6.27. The molecule has 4 N–H and O–H groups in total. The van der Waals surface area contributed by atoms with Gasteiger partial charge in [-0.2, -0.15) is 4.98 Å². The molecule has 0 saturated heterocycles. The van der Waals surface area contributed by atoms with E-state index in [9.17, 15) is 5.11 Å². The summed E-state index contributed by atoms with van der Waals surface area (Å²) in [5, 5.41) is 23.1. The van der Waals surface area contributed by atoms with Crippen molar-refractivity contribution in [3.63, 3.8) is 0 Å². The molecular formula is C21H26N6O2. The molecule has 4 aliphatic carbocycles. The molecule has 3 heterocycles. The van der Waals surface area contributed by atoms with Crippen LogP contribution in [0.4, 0.5) is 11.7 Å². The van der Waals surface area contributed by atoms with Gasteiger partial charge in [-0.15, -0.1) is 0 Å². The van der Waals surface area contributed by atoms with E-state index in [1.165, 1.54) is 12.8 Å². The first-order chi connectivity index (χ1) is 14.1. The molecule has 0 radical (unpaired) electrons. The lowest BCUT2D eigenvalue weighted by molar-refractivity contribution is -0.129. The lowest BCUT2D eigenvalue weighted by atomic mass is 9.52. The minimum Gasteiger partial charge on any atom is -0.390 e. The van der Waals surface area contributed by atoms with E-state index >= 15 is 0 Å². The van der Waals surface area contributed by atoms with Gasteiger partial charge in [0.15, 0.2) is 0 Å². The van der Waals surface area contributed by atoms with Crippen LogP contribution in [0.25, 0.3) is 22.4 Å². The number of pyridine rings is 1. The van der Waals surface area contributed by atoms with Gasteiger partial charge >= 0.3 is 6.01 Å². The quantitative estimate of drug-likeness (QED) is 0.525. The van der Waals surface area contributed by atoms with Crippen molar-refractivity contribution in [2.75, 3.05) is 17.2 Å². The molecule has 8 heteroatoms. The maximum Gasteiger partial charge on any atom is 0.321 e. The van der Waals surface area contributed by atoms with Crippen LogP contribution in [0.5, 0.6) is 0 Å². The molecule has 0 aliphatic heterocycles. The highest BCUT2D eigenvalue weighted by molar-refractivity contribution is 5.97. The Hall–Kier alpha value is -2.61. The molecule has 0 aromatic carbocycles. The second-order valence-corrected chi connectivity index (χ2v) is 9.10. The topological polar surface area (TPSA) is 112 Å². The number of aromatic amines is 1. The van der Waals surface area contributed by atoms with Crippen molar-refractivity contribution in [3.8, 4) is 11.4 Å². The lowest BCUT2D eigenvalue weighted by Crippen LogP contribution is -2.59. The van der Waals surface area contributed by atoms with Crippen molar-refractivity contribution >= 4 is 22.7 Å². The van der Waals surface area contributed by atoms with Gasteiger partial charge in [-0.05, 0) is 62.8 Å². The summed E-state index contributed by atoms with van der Waals surface area (Å²) >= 11 is 0. The Morgan fingerprint density at radius 1 is 1.28 bits per heavy atom. The van der Waals surface area contributed by atoms with Crippen LogP contribution in [0, 0.1) is 17.8 Å². The lowest BCUT2D eigenvalue weighted by Gasteiger charge is -2.58. The van der Waals surface area contributed by atoms with Crippen molar-refractivity contribution in [2.24, 2.45) is 17.8 Å². The van der Waals surface area contributed by atoms with E-state index in [-0.39, 0.29) is 0 Å². The Balaban J connectivity index is 1.40. The van der Waals surface area contributed by atoms with Crippen LogP contribution in [0.1, 0.15) is 39.0 Å². The molecule has 7 rings (SSSR count). The maximum atomic E-state index is 10.9. The second kappa shape index (κ2) is 6.19. The first kappa shape index (κ1) is 17.3. The molecule has 4 saturated carbocycles. The molecule has 8 nitrogen and oxygen atoms in total. The van der Waals surface area contributed by atoms with Gasteiger partial charge in [0.2, 0.25) is 5.82 Å². The number of anilines is 2. The molecule has 4 aliphatic rings. The smallest absolute Gasteiger partial charge is 0.321 e. The van der Waals surface area contributed by atoms with Crippen molar-refractivity contribution in [1.29, 1.82) is 0 Å². The number of hydrogen-bond donors (Lipinski definition) is 4. The van der Waals surface area contributed by atoms with Gasteiger partial charge in [-0.25, -0.2) is 4.98 Å². The SMILES string of the molecule is CCNc1nc(-c2cnc3[nH]ccc3c2NC2[C@@H]3CC4C[C@H]2CC(O)(C4)C3)no1. The Bertz CT molecular complexity index is 1040. The van der Waals surface area contributed by atoms with E-state index in [4.69, 9.17) is 4.52 Å². The highest BCUT2D eigenvalue weighted by Crippen LogP contribution is 2.56. The number of aliphatic hydroxyl groups is 1. The minimum atomic E-state index is -0.437. The first-order valence-corrected chi connectivity index (χ1v) is 10.6. The Morgan fingerprint density at radius 2 is 2.10 bits per heavy atom. The molecule has 29 heavy (non-hydrogen) atoms. The van der Waals surface area contributed by atoms with Crippen LogP contribution in [0.2, 0.25) is 0 Å². The molecule has 5 atom stereocenters. The van der Waals surface area contributed by atoms with Gasteiger partial charge in [0, 0.05) is 30.4 Å². The minimum absolute atomic E-state index is 0.353. The zero-order chi connectivity index (χ0) is 19.6. The molecule has 0 spiro atoms. The average Bonchev–Trinajstić information content (AvgIpc) is 3.33. The molecular weight excluding hydrogens is 368 g/mol. The van der Waals surface area contributed by atoms with Gasteiger partial charge in [0.05, 0.1) is 16.9 Å². The summed E-state index contributed by atoms with van der Waals surface area (Å²) in [7, 11) is 0. The summed E-state index contributed by atoms with van der Waals surface area (Å²) in [6, 6.07) is 2.81. The fourth-order valence-corrected chi connectivity index (χ4v) is 6.27. The number of hydrogen-bond acceptors (Lipinski definition) is 7. The Morgan fingerprint density at radius 3 is 2.86 bits per heavy atom. The monoisotopic (exact) mass is 394 g/mol. The van der Waals surface area contributed by atoms with Crippen molar-refractivity contribution in [3.05, 3.63) is 18.5 Å². The summed E-state index contributed by atoms with van der Waals surface area (Å²) in [6.45, 7) is 2.71. The molecule has 3 unspecified atom stereocenters. The highest BCUT2D eigenvalue weighted by atomic mass is 16.5. The molecule has 4 fully saturated rings. The van der Waals surface area contributed by atoms with Gasteiger partial charge in [0.25, 0.3) is 0 Å². The van der Waals surface area contributed by atoms with Gasteiger partial charge in [-0.3, -0.25) is 0 Å². The van der Waals surface area contributed by atoms with E-state index < -0.39 is 5.60 Å². The number of aromatic nitrogens is 4. The van der Waals surface area contributed by atoms with Crippen LogP contribution in [-0.2, 0) is 0 Å². The molecule has 152 valence electrons. The number of rotatable bonds is 5. The van der Waals surface area contributed by atoms with Crippen LogP contribution in [0.3, 0.4) is 0 Å². The predicted octanol–water partition coefficient (Wildman–Crippen LogP) is 3.40. The van der Waals surface area contributed by atoms with E-state index in [1.54, 1.807) is 0 Å². The van der Waals surface area contributed by atoms with Crippen molar-refractivity contribution in [2.45, 2.75) is 50.7 Å². The third kappa shape index (κ3) is 2.73. The van der Waals surface area contributed by atoms with Crippen LogP contribution < -0.4 is 10.6 Å². The molecule has 3 aromatic heterocycles. The number of fused-ring (bicyclic) bond motifs is 1. The van der Waals surface area contributed by atoms with Gasteiger partial charge in [0.1, 0.15) is 5.65 Å². The van der Waals surface area contributed by atoms with Crippen LogP contribution >= 0.6 is 0 Å².